The van der Waals surface area contributed by atoms with Gasteiger partial charge in [-0.25, -0.2) is 9.79 Å². The third-order valence-electron chi connectivity index (χ3n) is 4.34. The minimum absolute atomic E-state index is 0.330. The summed E-state index contributed by atoms with van der Waals surface area (Å²) in [6.45, 7) is 6.13. The van der Waals surface area contributed by atoms with E-state index in [1.165, 1.54) is 11.1 Å². The van der Waals surface area contributed by atoms with Gasteiger partial charge in [0.05, 0.1) is 12.2 Å². The Kier molecular flexibility index (Phi) is 6.97. The molecule has 0 bridgehead atoms. The number of hydrogen-bond acceptors (Lipinski definition) is 5. The molecule has 0 amide bonds. The van der Waals surface area contributed by atoms with E-state index in [-0.39, 0.29) is 5.97 Å². The summed E-state index contributed by atoms with van der Waals surface area (Å²) in [6.07, 6.45) is 0. The molecule has 6 heteroatoms. The van der Waals surface area contributed by atoms with Crippen LogP contribution in [0.4, 0.5) is 0 Å². The number of halogens is 1. The molecule has 2 aromatic carbocycles. The number of hydrogen-bond donors (Lipinski definition) is 1. The largest absolute Gasteiger partial charge is 0.463 e. The molecule has 28 heavy (non-hydrogen) atoms. The van der Waals surface area contributed by atoms with Gasteiger partial charge in [0.25, 0.3) is 0 Å². The Hall–Kier alpha value is -2.05. The van der Waals surface area contributed by atoms with Gasteiger partial charge in [-0.1, -0.05) is 69.7 Å². The van der Waals surface area contributed by atoms with E-state index in [0.29, 0.717) is 12.2 Å². The molecule has 1 atom stereocenters. The van der Waals surface area contributed by atoms with Gasteiger partial charge in [-0.05, 0) is 44.0 Å². The van der Waals surface area contributed by atoms with Gasteiger partial charge in [0.1, 0.15) is 6.04 Å². The van der Waals surface area contributed by atoms with Gasteiger partial charge >= 0.3 is 5.97 Å². The molecule has 3 rings (SSSR count). The van der Waals surface area contributed by atoms with Gasteiger partial charge in [-0.15, -0.1) is 0 Å². The van der Waals surface area contributed by atoms with Crippen molar-refractivity contribution in [2.75, 3.05) is 6.61 Å². The fourth-order valence-corrected chi connectivity index (χ4v) is 4.37. The maximum absolute atomic E-state index is 12.6. The lowest BCUT2D eigenvalue weighted by atomic mass is 9.97. The molecule has 0 saturated heterocycles. The van der Waals surface area contributed by atoms with Crippen LogP contribution in [0.25, 0.3) is 0 Å². The lowest BCUT2D eigenvalue weighted by molar-refractivity contribution is -0.138. The number of nitrogens with one attached hydrogen (secondary N) is 1. The first-order valence-electron chi connectivity index (χ1n) is 9.14. The molecule has 0 aliphatic carbocycles. The molecule has 1 aliphatic rings. The first-order chi connectivity index (χ1) is 13.5. The van der Waals surface area contributed by atoms with E-state index < -0.39 is 6.04 Å². The van der Waals surface area contributed by atoms with Crippen molar-refractivity contribution in [2.24, 2.45) is 4.99 Å². The number of nitrogens with zero attached hydrogens (tertiary/aromatic N) is 1. The minimum atomic E-state index is -0.391. The first kappa shape index (κ1) is 20.7. The molecule has 0 radical (unpaired) electrons. The fraction of sp³-hybridized carbons (Fsp3) is 0.273. The summed E-state index contributed by atoms with van der Waals surface area (Å²) < 4.78 is 6.24. The highest BCUT2D eigenvalue weighted by molar-refractivity contribution is 9.10. The van der Waals surface area contributed by atoms with Crippen LogP contribution in [0.1, 0.15) is 36.6 Å². The Morgan fingerprint density at radius 3 is 2.71 bits per heavy atom. The summed E-state index contributed by atoms with van der Waals surface area (Å²) >= 11 is 5.15. The average Bonchev–Trinajstić information content (AvgIpc) is 2.66. The SMILES string of the molecule is CCOC(=O)C1=C(C)NC(SCc2cccc(C)c2)=N[C@H]1c1cccc(Br)c1. The molecule has 1 N–H and O–H groups in total. The molecule has 1 aliphatic heterocycles. The van der Waals surface area contributed by atoms with Crippen molar-refractivity contribution in [3.63, 3.8) is 0 Å². The Balaban J connectivity index is 1.89. The highest BCUT2D eigenvalue weighted by atomic mass is 79.9. The average molecular weight is 459 g/mol. The van der Waals surface area contributed by atoms with Crippen molar-refractivity contribution >= 4 is 38.8 Å². The number of aryl methyl sites for hydroxylation is 1. The smallest absolute Gasteiger partial charge is 0.338 e. The van der Waals surface area contributed by atoms with Crippen LogP contribution in [-0.2, 0) is 15.3 Å². The molecule has 0 unspecified atom stereocenters. The summed E-state index contributed by atoms with van der Waals surface area (Å²) in [6, 6.07) is 15.9. The van der Waals surface area contributed by atoms with Crippen LogP contribution in [0.15, 0.2) is 69.3 Å². The van der Waals surface area contributed by atoms with E-state index in [1.54, 1.807) is 11.8 Å². The summed E-state index contributed by atoms with van der Waals surface area (Å²) in [7, 11) is 0. The number of benzene rings is 2. The maximum atomic E-state index is 12.6. The molecule has 0 aromatic heterocycles. The van der Waals surface area contributed by atoms with Crippen LogP contribution in [0.3, 0.4) is 0 Å². The highest BCUT2D eigenvalue weighted by Crippen LogP contribution is 2.34. The first-order valence-corrected chi connectivity index (χ1v) is 10.9. The summed E-state index contributed by atoms with van der Waals surface area (Å²) in [5.74, 6) is 0.477. The third-order valence-corrected chi connectivity index (χ3v) is 5.79. The second kappa shape index (κ2) is 9.43. The van der Waals surface area contributed by atoms with E-state index in [9.17, 15) is 4.79 Å². The zero-order chi connectivity index (χ0) is 20.1. The zero-order valence-corrected chi connectivity index (χ0v) is 18.6. The molecule has 4 nitrogen and oxygen atoms in total. The van der Waals surface area contributed by atoms with Crippen molar-refractivity contribution in [1.82, 2.24) is 5.32 Å². The number of carbonyl (C=O) groups excluding carboxylic acids is 1. The normalized spacial score (nSPS) is 16.4. The number of amidine groups is 1. The van der Waals surface area contributed by atoms with Crippen LogP contribution in [0, 0.1) is 6.92 Å². The number of allylic oxidation sites excluding steroid dienone is 1. The van der Waals surface area contributed by atoms with E-state index in [4.69, 9.17) is 9.73 Å². The van der Waals surface area contributed by atoms with Crippen molar-refractivity contribution in [3.05, 3.63) is 81.0 Å². The molecule has 0 saturated carbocycles. The molecule has 0 spiro atoms. The zero-order valence-electron chi connectivity index (χ0n) is 16.2. The van der Waals surface area contributed by atoms with Gasteiger partial charge in [-0.2, -0.15) is 0 Å². The Morgan fingerprint density at radius 1 is 1.21 bits per heavy atom. The maximum Gasteiger partial charge on any atom is 0.338 e. The van der Waals surface area contributed by atoms with Gasteiger partial charge in [0, 0.05) is 15.9 Å². The number of thioether (sulfide) groups is 1. The van der Waals surface area contributed by atoms with Crippen LogP contribution in [-0.4, -0.2) is 17.7 Å². The monoisotopic (exact) mass is 458 g/mol. The highest BCUT2D eigenvalue weighted by Gasteiger charge is 2.30. The molecule has 0 fully saturated rings. The molecular weight excluding hydrogens is 436 g/mol. The number of carbonyl (C=O) groups is 1. The van der Waals surface area contributed by atoms with Crippen LogP contribution in [0.5, 0.6) is 0 Å². The lowest BCUT2D eigenvalue weighted by Crippen LogP contribution is -2.30. The fourth-order valence-electron chi connectivity index (χ4n) is 3.07. The molecular formula is C22H23BrN2O2S. The van der Waals surface area contributed by atoms with Crippen molar-refractivity contribution in [1.29, 1.82) is 0 Å². The molecule has 146 valence electrons. The predicted octanol–water partition coefficient (Wildman–Crippen LogP) is 5.53. The van der Waals surface area contributed by atoms with Gasteiger partial charge in [-0.3, -0.25) is 0 Å². The summed E-state index contributed by atoms with van der Waals surface area (Å²) in [4.78, 5) is 17.4. The van der Waals surface area contributed by atoms with E-state index in [0.717, 1.165) is 26.7 Å². The van der Waals surface area contributed by atoms with Gasteiger partial charge in [0.15, 0.2) is 5.17 Å². The number of esters is 1. The predicted molar refractivity (Wildman–Crippen MR) is 119 cm³/mol. The molecule has 1 heterocycles. The summed E-state index contributed by atoms with van der Waals surface area (Å²) in [5.41, 5.74) is 4.77. The summed E-state index contributed by atoms with van der Waals surface area (Å²) in [5, 5.41) is 4.09. The third kappa shape index (κ3) is 5.06. The van der Waals surface area contributed by atoms with Crippen molar-refractivity contribution in [2.45, 2.75) is 32.6 Å². The van der Waals surface area contributed by atoms with Crippen LogP contribution >= 0.6 is 27.7 Å². The lowest BCUT2D eigenvalue weighted by Gasteiger charge is -2.26. The number of rotatable bonds is 5. The van der Waals surface area contributed by atoms with E-state index in [1.807, 2.05) is 38.1 Å². The minimum Gasteiger partial charge on any atom is -0.463 e. The quantitative estimate of drug-likeness (QED) is 0.598. The van der Waals surface area contributed by atoms with E-state index >= 15 is 0 Å². The van der Waals surface area contributed by atoms with E-state index in [2.05, 4.69) is 52.4 Å². The van der Waals surface area contributed by atoms with Crippen molar-refractivity contribution in [3.8, 4) is 0 Å². The Labute approximate surface area is 178 Å². The number of ether oxygens (including phenoxy) is 1. The molecule has 2 aromatic rings. The Morgan fingerprint density at radius 2 is 2.00 bits per heavy atom. The number of aliphatic imine (C=N–C) groups is 1. The second-order valence-corrected chi connectivity index (χ2v) is 8.43. The standard InChI is InChI=1S/C22H23BrN2O2S/c1-4-27-21(26)19-15(3)24-22(28-13-16-8-5-7-14(2)11-16)25-20(19)17-9-6-10-18(23)12-17/h5-12,20H,4,13H2,1-3H3,(H,24,25)/t20-/m0/s1. The second-order valence-electron chi connectivity index (χ2n) is 6.55. The van der Waals surface area contributed by atoms with Gasteiger partial charge in [0.2, 0.25) is 0 Å². The Bertz CT molecular complexity index is 940. The van der Waals surface area contributed by atoms with Gasteiger partial charge < -0.3 is 10.1 Å². The van der Waals surface area contributed by atoms with Crippen LogP contribution < -0.4 is 5.32 Å². The van der Waals surface area contributed by atoms with Crippen molar-refractivity contribution < 1.29 is 9.53 Å². The topological polar surface area (TPSA) is 50.7 Å². The van der Waals surface area contributed by atoms with Crippen LogP contribution in [0.2, 0.25) is 0 Å².